The summed E-state index contributed by atoms with van der Waals surface area (Å²) in [5, 5.41) is 12.5. The maximum Gasteiger partial charge on any atom is 0.303 e. The number of hydrogen-bond donors (Lipinski definition) is 2. The number of ether oxygens (including phenoxy) is 5. The number of carbonyl (C=O) groups excluding carboxylic acids is 2. The van der Waals surface area contributed by atoms with Gasteiger partial charge >= 0.3 is 5.97 Å². The van der Waals surface area contributed by atoms with Crippen LogP contribution in [-0.4, -0.2) is 72.7 Å². The normalized spacial score (nSPS) is 25.2. The molecule has 5 atom stereocenters. The van der Waals surface area contributed by atoms with Crippen molar-refractivity contribution in [2.24, 2.45) is 0 Å². The van der Waals surface area contributed by atoms with Crippen molar-refractivity contribution in [2.45, 2.75) is 69.6 Å². The summed E-state index contributed by atoms with van der Waals surface area (Å²) in [6.07, 6.45) is -0.670. The Balaban J connectivity index is 1.30. The number of nitrogens with one attached hydrogen (secondary N) is 1. The molecule has 0 aromatic heterocycles. The fourth-order valence-electron chi connectivity index (χ4n) is 6.59. The van der Waals surface area contributed by atoms with Crippen LogP contribution in [0.4, 0.5) is 5.69 Å². The molecule has 3 aromatic carbocycles. The van der Waals surface area contributed by atoms with Gasteiger partial charge in [0, 0.05) is 56.6 Å². The van der Waals surface area contributed by atoms with Crippen molar-refractivity contribution in [3.8, 4) is 0 Å². The lowest BCUT2D eigenvalue weighted by Gasteiger charge is -2.46. The first-order valence-corrected chi connectivity index (χ1v) is 16.0. The van der Waals surface area contributed by atoms with Crippen LogP contribution < -0.4 is 5.32 Å². The van der Waals surface area contributed by atoms with E-state index in [0.29, 0.717) is 25.4 Å². The molecule has 3 fully saturated rings. The van der Waals surface area contributed by atoms with Crippen LogP contribution in [0.2, 0.25) is 0 Å². The van der Waals surface area contributed by atoms with E-state index in [-0.39, 0.29) is 24.7 Å². The fourth-order valence-corrected chi connectivity index (χ4v) is 6.59. The molecule has 6 rings (SSSR count). The third kappa shape index (κ3) is 7.49. The van der Waals surface area contributed by atoms with Crippen molar-refractivity contribution >= 4 is 17.6 Å². The second kappa shape index (κ2) is 14.4. The molecule has 10 heteroatoms. The highest BCUT2D eigenvalue weighted by molar-refractivity contribution is 5.95. The van der Waals surface area contributed by atoms with Crippen molar-refractivity contribution in [1.82, 2.24) is 4.90 Å². The number of carbonyl (C=O) groups is 2. The van der Waals surface area contributed by atoms with E-state index in [1.54, 1.807) is 6.07 Å². The Labute approximate surface area is 269 Å². The Morgan fingerprint density at radius 2 is 1.63 bits per heavy atom. The standard InChI is InChI=1S/C36H42N2O8/c1-24(44-25(2)40)34(41)37-30-10-6-9-29(21-30)35-45-31(22-38-17-15-36(16-18-38)42-19-20-43-36)32(27-7-4-3-5-8-27)33(46-35)28-13-11-26(23-39)12-14-28/h3-14,21,24,31-33,35,39H,15-20,22-23H2,1-2H3,(H,37,41). The van der Waals surface area contributed by atoms with Crippen molar-refractivity contribution in [3.63, 3.8) is 0 Å². The maximum atomic E-state index is 12.7. The van der Waals surface area contributed by atoms with Crippen LogP contribution in [0.25, 0.3) is 0 Å². The van der Waals surface area contributed by atoms with Crippen LogP contribution in [-0.2, 0) is 39.9 Å². The molecule has 3 saturated heterocycles. The van der Waals surface area contributed by atoms with Gasteiger partial charge in [0.05, 0.1) is 32.0 Å². The predicted octanol–water partition coefficient (Wildman–Crippen LogP) is 4.85. The van der Waals surface area contributed by atoms with Crippen molar-refractivity contribution in [1.29, 1.82) is 0 Å². The summed E-state index contributed by atoms with van der Waals surface area (Å²) in [7, 11) is 0. The van der Waals surface area contributed by atoms with Gasteiger partial charge in [-0.15, -0.1) is 0 Å². The highest BCUT2D eigenvalue weighted by atomic mass is 16.7. The lowest BCUT2D eigenvalue weighted by atomic mass is 9.83. The summed E-state index contributed by atoms with van der Waals surface area (Å²) in [4.78, 5) is 26.5. The molecular formula is C36H42N2O8. The minimum absolute atomic E-state index is 0.0409. The lowest BCUT2D eigenvalue weighted by Crippen LogP contribution is -2.50. The molecule has 0 radical (unpaired) electrons. The second-order valence-electron chi connectivity index (χ2n) is 12.2. The summed E-state index contributed by atoms with van der Waals surface area (Å²) in [5.41, 5.74) is 4.20. The molecule has 0 saturated carbocycles. The maximum absolute atomic E-state index is 12.7. The van der Waals surface area contributed by atoms with E-state index in [4.69, 9.17) is 23.7 Å². The number of hydrogen-bond acceptors (Lipinski definition) is 9. The van der Waals surface area contributed by atoms with Gasteiger partial charge in [0.15, 0.2) is 18.2 Å². The first-order chi connectivity index (χ1) is 22.3. The Kier molecular flexibility index (Phi) is 10.1. The largest absolute Gasteiger partial charge is 0.453 e. The monoisotopic (exact) mass is 630 g/mol. The lowest BCUT2D eigenvalue weighted by molar-refractivity contribution is -0.265. The zero-order valence-electron chi connectivity index (χ0n) is 26.3. The zero-order valence-corrected chi connectivity index (χ0v) is 26.3. The number of anilines is 1. The van der Waals surface area contributed by atoms with Gasteiger partial charge in [0.2, 0.25) is 0 Å². The van der Waals surface area contributed by atoms with Crippen LogP contribution in [0.1, 0.15) is 67.3 Å². The molecule has 3 heterocycles. The average Bonchev–Trinajstić information content (AvgIpc) is 3.53. The molecule has 10 nitrogen and oxygen atoms in total. The molecule has 3 aromatic rings. The Morgan fingerprint density at radius 1 is 0.935 bits per heavy atom. The van der Waals surface area contributed by atoms with Gasteiger partial charge in [0.25, 0.3) is 5.91 Å². The van der Waals surface area contributed by atoms with Gasteiger partial charge < -0.3 is 39.0 Å². The SMILES string of the molecule is CC(=O)OC(C)C(=O)Nc1cccc(C2OC(CN3CCC4(CC3)OCCO4)C(c3ccccc3)C(c3ccc(CO)cc3)O2)c1. The van der Waals surface area contributed by atoms with E-state index < -0.39 is 30.1 Å². The molecule has 0 bridgehead atoms. The number of amides is 1. The van der Waals surface area contributed by atoms with Crippen LogP contribution in [0.3, 0.4) is 0 Å². The van der Waals surface area contributed by atoms with E-state index in [1.807, 2.05) is 60.7 Å². The first-order valence-electron chi connectivity index (χ1n) is 16.0. The van der Waals surface area contributed by atoms with Gasteiger partial charge in [-0.25, -0.2) is 0 Å². The topological polar surface area (TPSA) is 116 Å². The van der Waals surface area contributed by atoms with Crippen molar-refractivity contribution in [2.75, 3.05) is 38.2 Å². The van der Waals surface area contributed by atoms with E-state index in [0.717, 1.165) is 48.2 Å². The summed E-state index contributed by atoms with van der Waals surface area (Å²) < 4.78 is 30.7. The van der Waals surface area contributed by atoms with Crippen LogP contribution in [0.15, 0.2) is 78.9 Å². The first kappa shape index (κ1) is 32.3. The van der Waals surface area contributed by atoms with E-state index >= 15 is 0 Å². The summed E-state index contributed by atoms with van der Waals surface area (Å²) in [6, 6.07) is 25.5. The molecule has 5 unspecified atom stereocenters. The van der Waals surface area contributed by atoms with E-state index in [9.17, 15) is 14.7 Å². The Bertz CT molecular complexity index is 1470. The third-order valence-electron chi connectivity index (χ3n) is 8.98. The van der Waals surface area contributed by atoms with Crippen LogP contribution in [0.5, 0.6) is 0 Å². The number of piperidine rings is 1. The van der Waals surface area contributed by atoms with Gasteiger partial charge in [-0.3, -0.25) is 9.59 Å². The molecule has 1 spiro atoms. The number of likely N-dealkylation sites (tertiary alicyclic amines) is 1. The predicted molar refractivity (Wildman–Crippen MR) is 170 cm³/mol. The summed E-state index contributed by atoms with van der Waals surface area (Å²) >= 11 is 0. The van der Waals surface area contributed by atoms with Gasteiger partial charge in [0.1, 0.15) is 0 Å². The minimum Gasteiger partial charge on any atom is -0.453 e. The molecule has 46 heavy (non-hydrogen) atoms. The van der Waals surface area contributed by atoms with Gasteiger partial charge in [-0.1, -0.05) is 66.7 Å². The molecular weight excluding hydrogens is 588 g/mol. The molecule has 3 aliphatic rings. The van der Waals surface area contributed by atoms with Crippen molar-refractivity contribution in [3.05, 3.63) is 101 Å². The number of rotatable bonds is 9. The van der Waals surface area contributed by atoms with Gasteiger partial charge in [-0.2, -0.15) is 0 Å². The summed E-state index contributed by atoms with van der Waals surface area (Å²) in [6.45, 7) is 6.36. The number of aliphatic hydroxyl groups excluding tert-OH is 1. The fraction of sp³-hybridized carbons (Fsp3) is 0.444. The quantitative estimate of drug-likeness (QED) is 0.320. The van der Waals surface area contributed by atoms with E-state index in [1.165, 1.54) is 13.8 Å². The molecule has 1 amide bonds. The zero-order chi connectivity index (χ0) is 32.1. The smallest absolute Gasteiger partial charge is 0.303 e. The van der Waals surface area contributed by atoms with Gasteiger partial charge in [-0.05, 0) is 35.7 Å². The van der Waals surface area contributed by atoms with Crippen LogP contribution >= 0.6 is 0 Å². The molecule has 244 valence electrons. The molecule has 3 aliphatic heterocycles. The Morgan fingerprint density at radius 3 is 2.30 bits per heavy atom. The number of esters is 1. The van der Waals surface area contributed by atoms with Crippen molar-refractivity contribution < 1.29 is 38.4 Å². The number of nitrogens with zero attached hydrogens (tertiary/aromatic N) is 1. The molecule has 0 aliphatic carbocycles. The minimum atomic E-state index is -0.936. The van der Waals surface area contributed by atoms with Crippen LogP contribution in [0, 0.1) is 0 Å². The second-order valence-corrected chi connectivity index (χ2v) is 12.2. The summed E-state index contributed by atoms with van der Waals surface area (Å²) in [5.74, 6) is -1.55. The number of benzene rings is 3. The van der Waals surface area contributed by atoms with E-state index in [2.05, 4.69) is 22.3 Å². The highest BCUT2D eigenvalue weighted by Gasteiger charge is 2.45. The Hall–Kier alpha value is -3.64. The third-order valence-corrected chi connectivity index (χ3v) is 8.98. The molecule has 2 N–H and O–H groups in total. The number of aliphatic hydroxyl groups is 1. The highest BCUT2D eigenvalue weighted by Crippen LogP contribution is 2.47. The average molecular weight is 631 g/mol.